The number of Topliss-reactive ketones (excluding diaryl/α,β-unsaturated/α-hetero) is 2. The first-order valence-corrected chi connectivity index (χ1v) is 8.54. The molecule has 2 aromatic carbocycles. The Balaban J connectivity index is 0.000000224. The molecule has 116 valence electrons. The summed E-state index contributed by atoms with van der Waals surface area (Å²) in [5.74, 6) is 0.0682. The molecule has 2 rings (SSSR count). The van der Waals surface area contributed by atoms with Gasteiger partial charge >= 0.3 is 0 Å². The molecular weight excluding hydrogens is 412 g/mol. The van der Waals surface area contributed by atoms with Gasteiger partial charge in [-0.25, -0.2) is 0 Å². The van der Waals surface area contributed by atoms with Crippen LogP contribution in [0.1, 0.15) is 20.7 Å². The topological polar surface area (TPSA) is 43.4 Å². The predicted molar refractivity (Wildman–Crippen MR) is 95.1 cm³/mol. The van der Waals surface area contributed by atoms with Crippen LogP contribution in [-0.2, 0) is 4.74 Å². The number of methoxy groups -OCH3 is 1. The number of ether oxygens (including phenoxy) is 1. The van der Waals surface area contributed by atoms with E-state index >= 15 is 0 Å². The first-order chi connectivity index (χ1) is 10.6. The third-order valence-corrected chi connectivity index (χ3v) is 3.99. The second-order valence-corrected chi connectivity index (χ2v) is 5.60. The first-order valence-electron chi connectivity index (χ1n) is 6.50. The lowest BCUT2D eigenvalue weighted by Crippen LogP contribution is -2.15. The Labute approximate surface area is 146 Å². The second kappa shape index (κ2) is 10.4. The smallest absolute Gasteiger partial charge is 0.202 e. The van der Waals surface area contributed by atoms with E-state index in [9.17, 15) is 9.59 Å². The fourth-order valence-electron chi connectivity index (χ4n) is 1.54. The van der Waals surface area contributed by atoms with Gasteiger partial charge in [-0.3, -0.25) is 9.59 Å². The fraction of sp³-hybridized carbons (Fsp3) is 0.176. The molecule has 22 heavy (non-hydrogen) atoms. The van der Waals surface area contributed by atoms with Crippen molar-refractivity contribution >= 4 is 43.4 Å². The third-order valence-electron chi connectivity index (χ3n) is 2.69. The largest absolute Gasteiger partial charge is 0.362 e. The summed E-state index contributed by atoms with van der Waals surface area (Å²) in [5, 5.41) is -0.142. The first kappa shape index (κ1) is 18.7. The summed E-state index contributed by atoms with van der Waals surface area (Å²) in [6.07, 6.45) is 0. The molecule has 0 radical (unpaired) electrons. The summed E-state index contributed by atoms with van der Waals surface area (Å²) in [5.41, 5.74) is 1.42. The highest BCUT2D eigenvalue weighted by atomic mass is 79.9. The van der Waals surface area contributed by atoms with Gasteiger partial charge in [0, 0.05) is 18.2 Å². The van der Waals surface area contributed by atoms with Crippen molar-refractivity contribution in [2.45, 2.75) is 5.01 Å². The van der Waals surface area contributed by atoms with Crippen LogP contribution in [0.25, 0.3) is 0 Å². The highest BCUT2D eigenvalue weighted by molar-refractivity contribution is 9.10. The zero-order valence-electron chi connectivity index (χ0n) is 12.0. The van der Waals surface area contributed by atoms with E-state index in [4.69, 9.17) is 4.74 Å². The van der Waals surface area contributed by atoms with Crippen molar-refractivity contribution in [2.75, 3.05) is 12.4 Å². The molecule has 0 aliphatic heterocycles. The van der Waals surface area contributed by atoms with Gasteiger partial charge in [-0.05, 0) is 15.9 Å². The average Bonchev–Trinajstić information content (AvgIpc) is 2.61. The van der Waals surface area contributed by atoms with Gasteiger partial charge in [0.1, 0.15) is 0 Å². The van der Waals surface area contributed by atoms with Crippen LogP contribution in [-0.4, -0.2) is 29.0 Å². The molecule has 3 nitrogen and oxygen atoms in total. The quantitative estimate of drug-likeness (QED) is 0.521. The van der Waals surface area contributed by atoms with Gasteiger partial charge in [-0.2, -0.15) is 0 Å². The fourth-order valence-corrected chi connectivity index (χ4v) is 2.13. The number of halogens is 2. The molecule has 0 aliphatic rings. The van der Waals surface area contributed by atoms with Crippen molar-refractivity contribution in [3.63, 3.8) is 0 Å². The number of carbonyl (C=O) groups excluding carboxylic acids is 2. The third kappa shape index (κ3) is 6.22. The molecule has 0 fully saturated rings. The van der Waals surface area contributed by atoms with Crippen molar-refractivity contribution in [2.24, 2.45) is 0 Å². The monoisotopic (exact) mass is 426 g/mol. The van der Waals surface area contributed by atoms with Gasteiger partial charge in [0.25, 0.3) is 0 Å². The van der Waals surface area contributed by atoms with Crippen LogP contribution in [0.5, 0.6) is 0 Å². The zero-order valence-corrected chi connectivity index (χ0v) is 15.2. The number of alkyl halides is 2. The summed E-state index contributed by atoms with van der Waals surface area (Å²) in [6.45, 7) is 0. The normalized spacial score (nSPS) is 11.0. The Bertz CT molecular complexity index is 585. The van der Waals surface area contributed by atoms with Crippen LogP contribution in [0.3, 0.4) is 0 Å². The van der Waals surface area contributed by atoms with Gasteiger partial charge in [0.15, 0.2) is 10.8 Å². The van der Waals surface area contributed by atoms with Crippen molar-refractivity contribution in [1.29, 1.82) is 0 Å². The van der Waals surface area contributed by atoms with Crippen LogP contribution in [0.15, 0.2) is 60.7 Å². The van der Waals surface area contributed by atoms with Crippen LogP contribution < -0.4 is 0 Å². The standard InChI is InChI=1S/C9H9BrO2.C8H7BrO/c1-12-9(10)8(11)7-5-3-2-4-6-7;9-6-8(10)7-4-2-1-3-5-7/h2-6,9H,1H3;1-5H,6H2. The highest BCUT2D eigenvalue weighted by Crippen LogP contribution is 2.10. The lowest BCUT2D eigenvalue weighted by atomic mass is 10.1. The van der Waals surface area contributed by atoms with Gasteiger partial charge < -0.3 is 4.74 Å². The minimum atomic E-state index is -0.542. The van der Waals surface area contributed by atoms with Crippen molar-refractivity contribution in [3.8, 4) is 0 Å². The molecule has 0 bridgehead atoms. The number of carbonyl (C=O) groups is 2. The number of hydrogen-bond donors (Lipinski definition) is 0. The van der Waals surface area contributed by atoms with Crippen LogP contribution >= 0.6 is 31.9 Å². The van der Waals surface area contributed by atoms with E-state index in [1.807, 2.05) is 48.5 Å². The summed E-state index contributed by atoms with van der Waals surface area (Å²) in [7, 11) is 1.49. The van der Waals surface area contributed by atoms with Crippen LogP contribution in [0.4, 0.5) is 0 Å². The molecule has 1 atom stereocenters. The zero-order chi connectivity index (χ0) is 16.4. The molecule has 0 spiro atoms. The molecule has 0 aromatic heterocycles. The van der Waals surface area contributed by atoms with E-state index in [1.165, 1.54) is 7.11 Å². The maximum absolute atomic E-state index is 11.4. The molecule has 5 heteroatoms. The van der Waals surface area contributed by atoms with E-state index in [2.05, 4.69) is 31.9 Å². The second-order valence-electron chi connectivity index (χ2n) is 4.20. The Morgan fingerprint density at radius 2 is 1.41 bits per heavy atom. The summed E-state index contributed by atoms with van der Waals surface area (Å²) >= 11 is 6.21. The Kier molecular flexibility index (Phi) is 8.89. The van der Waals surface area contributed by atoms with E-state index in [0.717, 1.165) is 5.56 Å². The van der Waals surface area contributed by atoms with E-state index in [-0.39, 0.29) is 11.6 Å². The molecule has 0 aliphatic carbocycles. The molecule has 0 N–H and O–H groups in total. The molecule has 0 amide bonds. The number of benzene rings is 2. The lowest BCUT2D eigenvalue weighted by molar-refractivity contribution is 0.0805. The van der Waals surface area contributed by atoms with Crippen LogP contribution in [0.2, 0.25) is 0 Å². The number of hydrogen-bond acceptors (Lipinski definition) is 3. The molecular formula is C17H16Br2O3. The van der Waals surface area contributed by atoms with Gasteiger partial charge in [-0.1, -0.05) is 76.6 Å². The lowest BCUT2D eigenvalue weighted by Gasteiger charge is -2.05. The minimum absolute atomic E-state index is 0.0573. The molecule has 1 unspecified atom stereocenters. The van der Waals surface area contributed by atoms with E-state index in [0.29, 0.717) is 10.9 Å². The Hall–Kier alpha value is -1.30. The SMILES string of the molecule is COC(Br)C(=O)c1ccccc1.O=C(CBr)c1ccccc1. The molecule has 2 aromatic rings. The predicted octanol–water partition coefficient (Wildman–Crippen LogP) is 4.50. The summed E-state index contributed by atoms with van der Waals surface area (Å²) in [4.78, 5) is 22.4. The average molecular weight is 428 g/mol. The Morgan fingerprint density at radius 1 is 0.955 bits per heavy atom. The number of ketones is 2. The van der Waals surface area contributed by atoms with E-state index in [1.54, 1.807) is 12.1 Å². The highest BCUT2D eigenvalue weighted by Gasteiger charge is 2.14. The number of rotatable bonds is 5. The maximum atomic E-state index is 11.4. The van der Waals surface area contributed by atoms with E-state index < -0.39 is 5.01 Å². The van der Waals surface area contributed by atoms with Gasteiger partial charge in [0.2, 0.25) is 5.78 Å². The van der Waals surface area contributed by atoms with Gasteiger partial charge in [0.05, 0.1) is 5.33 Å². The Morgan fingerprint density at radius 3 is 1.82 bits per heavy atom. The van der Waals surface area contributed by atoms with Crippen molar-refractivity contribution < 1.29 is 14.3 Å². The van der Waals surface area contributed by atoms with Gasteiger partial charge in [-0.15, -0.1) is 0 Å². The molecule has 0 heterocycles. The van der Waals surface area contributed by atoms with Crippen molar-refractivity contribution in [1.82, 2.24) is 0 Å². The van der Waals surface area contributed by atoms with Crippen molar-refractivity contribution in [3.05, 3.63) is 71.8 Å². The summed E-state index contributed by atoms with van der Waals surface area (Å²) < 4.78 is 4.83. The molecule has 0 saturated carbocycles. The maximum Gasteiger partial charge on any atom is 0.202 e. The minimum Gasteiger partial charge on any atom is -0.362 e. The van der Waals surface area contributed by atoms with Crippen LogP contribution in [0, 0.1) is 0 Å². The molecule has 0 saturated heterocycles. The summed E-state index contributed by atoms with van der Waals surface area (Å²) in [6, 6.07) is 18.3.